The molecule has 0 heterocycles. The Morgan fingerprint density at radius 2 is 2.35 bits per heavy atom. The summed E-state index contributed by atoms with van der Waals surface area (Å²) in [5.41, 5.74) is 1.29. The summed E-state index contributed by atoms with van der Waals surface area (Å²) in [7, 11) is 1.55. The number of methoxy groups -OCH3 is 1. The Morgan fingerprint density at radius 3 is 2.94 bits per heavy atom. The minimum Gasteiger partial charge on any atom is -0.391 e. The first-order valence-electron chi connectivity index (χ1n) is 5.28. The van der Waals surface area contributed by atoms with Crippen LogP contribution in [0.3, 0.4) is 0 Å². The van der Waals surface area contributed by atoms with Crippen LogP contribution in [0.1, 0.15) is 12.0 Å². The third kappa shape index (κ3) is 4.61. The molecule has 0 saturated heterocycles. The number of anilines is 1. The average molecular weight is 255 g/mol. The van der Waals surface area contributed by atoms with E-state index in [0.717, 1.165) is 5.69 Å². The highest BCUT2D eigenvalue weighted by Gasteiger charge is 2.04. The van der Waals surface area contributed by atoms with Crippen LogP contribution in [0.4, 0.5) is 5.69 Å². The molecule has 0 fully saturated rings. The van der Waals surface area contributed by atoms with Gasteiger partial charge in [-0.05, 0) is 24.6 Å². The zero-order valence-corrected chi connectivity index (χ0v) is 10.4. The van der Waals surface area contributed by atoms with Crippen molar-refractivity contribution in [1.82, 2.24) is 0 Å². The Hall–Kier alpha value is -1.28. The van der Waals surface area contributed by atoms with E-state index in [0.29, 0.717) is 30.2 Å². The van der Waals surface area contributed by atoms with E-state index in [1.165, 1.54) is 0 Å². The molecule has 0 aliphatic heterocycles. The van der Waals surface area contributed by atoms with Crippen LogP contribution in [0.5, 0.6) is 0 Å². The molecule has 1 aromatic rings. The molecule has 5 heteroatoms. The van der Waals surface area contributed by atoms with E-state index in [1.807, 2.05) is 6.07 Å². The number of hydrogen-bond acceptors (Lipinski definition) is 4. The van der Waals surface area contributed by atoms with E-state index in [9.17, 15) is 5.11 Å². The Bertz CT molecular complexity index is 404. The van der Waals surface area contributed by atoms with Crippen molar-refractivity contribution in [3.8, 4) is 6.07 Å². The molecular formula is C12H15ClN2O2. The van der Waals surface area contributed by atoms with Gasteiger partial charge in [0.1, 0.15) is 6.07 Å². The van der Waals surface area contributed by atoms with Gasteiger partial charge in [0.25, 0.3) is 0 Å². The van der Waals surface area contributed by atoms with Crippen molar-refractivity contribution in [2.75, 3.05) is 25.6 Å². The first-order chi connectivity index (χ1) is 8.17. The Labute approximate surface area is 106 Å². The minimum absolute atomic E-state index is 0.329. The molecule has 17 heavy (non-hydrogen) atoms. The van der Waals surface area contributed by atoms with Crippen molar-refractivity contribution in [2.24, 2.45) is 0 Å². The quantitative estimate of drug-likeness (QED) is 0.815. The molecule has 1 unspecified atom stereocenters. The molecule has 1 atom stereocenters. The number of nitrogens with one attached hydrogen (secondary N) is 1. The van der Waals surface area contributed by atoms with Crippen LogP contribution >= 0.6 is 11.6 Å². The van der Waals surface area contributed by atoms with Gasteiger partial charge >= 0.3 is 0 Å². The lowest BCUT2D eigenvalue weighted by Crippen LogP contribution is -2.18. The van der Waals surface area contributed by atoms with Gasteiger partial charge in [0.15, 0.2) is 0 Å². The van der Waals surface area contributed by atoms with Gasteiger partial charge in [-0.3, -0.25) is 0 Å². The number of benzene rings is 1. The Balaban J connectivity index is 2.43. The fourth-order valence-corrected chi connectivity index (χ4v) is 1.60. The minimum atomic E-state index is -0.471. The molecule has 0 radical (unpaired) electrons. The lowest BCUT2D eigenvalue weighted by molar-refractivity contribution is 0.0615. The first-order valence-corrected chi connectivity index (χ1v) is 5.65. The molecule has 1 rings (SSSR count). The van der Waals surface area contributed by atoms with Crippen molar-refractivity contribution in [3.63, 3.8) is 0 Å². The number of hydrogen-bond donors (Lipinski definition) is 2. The number of halogens is 1. The highest BCUT2D eigenvalue weighted by molar-refractivity contribution is 6.32. The van der Waals surface area contributed by atoms with Crippen LogP contribution in [0.15, 0.2) is 18.2 Å². The fraction of sp³-hybridized carbons (Fsp3) is 0.417. The second-order valence-corrected chi connectivity index (χ2v) is 4.04. The summed E-state index contributed by atoms with van der Waals surface area (Å²) >= 11 is 5.89. The van der Waals surface area contributed by atoms with Gasteiger partial charge in [0.2, 0.25) is 0 Å². The zero-order valence-electron chi connectivity index (χ0n) is 9.61. The Morgan fingerprint density at radius 1 is 1.59 bits per heavy atom. The van der Waals surface area contributed by atoms with E-state index in [1.54, 1.807) is 25.3 Å². The van der Waals surface area contributed by atoms with E-state index < -0.39 is 6.10 Å². The molecule has 0 amide bonds. The summed E-state index contributed by atoms with van der Waals surface area (Å²) in [5.74, 6) is 0. The third-order valence-electron chi connectivity index (χ3n) is 2.26. The average Bonchev–Trinajstić information content (AvgIpc) is 2.29. The number of aliphatic hydroxyl groups excluding tert-OH is 1. The van der Waals surface area contributed by atoms with Crippen LogP contribution in [-0.2, 0) is 4.74 Å². The van der Waals surface area contributed by atoms with E-state index in [2.05, 4.69) is 5.32 Å². The summed E-state index contributed by atoms with van der Waals surface area (Å²) in [6.45, 7) is 0.947. The lowest BCUT2D eigenvalue weighted by Gasteiger charge is -2.11. The summed E-state index contributed by atoms with van der Waals surface area (Å²) in [6, 6.07) is 7.14. The lowest BCUT2D eigenvalue weighted by atomic mass is 10.2. The number of rotatable bonds is 6. The molecule has 0 spiro atoms. The number of nitrogens with zero attached hydrogens (tertiary/aromatic N) is 1. The van der Waals surface area contributed by atoms with Crippen molar-refractivity contribution < 1.29 is 9.84 Å². The normalized spacial score (nSPS) is 11.9. The maximum Gasteiger partial charge on any atom is 0.101 e. The molecule has 1 aromatic carbocycles. The highest BCUT2D eigenvalue weighted by Crippen LogP contribution is 2.20. The fourth-order valence-electron chi connectivity index (χ4n) is 1.37. The second-order valence-electron chi connectivity index (χ2n) is 3.63. The molecule has 92 valence electrons. The SMILES string of the molecule is COCC(O)CCNc1ccc(C#N)c(Cl)c1. The predicted octanol–water partition coefficient (Wildman–Crippen LogP) is 2.02. The van der Waals surface area contributed by atoms with Crippen LogP contribution in [0.25, 0.3) is 0 Å². The van der Waals surface area contributed by atoms with Crippen LogP contribution in [-0.4, -0.2) is 31.5 Å². The van der Waals surface area contributed by atoms with Crippen LogP contribution in [0, 0.1) is 11.3 Å². The number of nitriles is 1. The largest absolute Gasteiger partial charge is 0.391 e. The van der Waals surface area contributed by atoms with Gasteiger partial charge in [0, 0.05) is 19.3 Å². The number of ether oxygens (including phenoxy) is 1. The smallest absolute Gasteiger partial charge is 0.101 e. The standard InChI is InChI=1S/C12H15ClN2O2/c1-17-8-11(16)4-5-15-10-3-2-9(7-14)12(13)6-10/h2-3,6,11,15-16H,4-5,8H2,1H3. The summed E-state index contributed by atoms with van der Waals surface area (Å²) in [4.78, 5) is 0. The Kier molecular flexibility index (Phi) is 5.78. The van der Waals surface area contributed by atoms with Gasteiger partial charge in [0.05, 0.1) is 23.3 Å². The van der Waals surface area contributed by atoms with E-state index in [-0.39, 0.29) is 0 Å². The third-order valence-corrected chi connectivity index (χ3v) is 2.57. The molecule has 2 N–H and O–H groups in total. The molecule has 4 nitrogen and oxygen atoms in total. The summed E-state index contributed by atoms with van der Waals surface area (Å²) in [5, 5.41) is 21.7. The van der Waals surface area contributed by atoms with Gasteiger partial charge in [-0.25, -0.2) is 0 Å². The first kappa shape index (κ1) is 13.8. The molecule has 0 aliphatic rings. The monoisotopic (exact) mass is 254 g/mol. The van der Waals surface area contributed by atoms with Crippen molar-refractivity contribution in [3.05, 3.63) is 28.8 Å². The van der Waals surface area contributed by atoms with Gasteiger partial charge in [-0.1, -0.05) is 11.6 Å². The second kappa shape index (κ2) is 7.13. The van der Waals surface area contributed by atoms with Crippen molar-refractivity contribution in [1.29, 1.82) is 5.26 Å². The topological polar surface area (TPSA) is 65.3 Å². The molecule has 0 saturated carbocycles. The maximum atomic E-state index is 9.43. The molecular weight excluding hydrogens is 240 g/mol. The summed E-state index contributed by atoms with van der Waals surface area (Å²) < 4.78 is 4.82. The van der Waals surface area contributed by atoms with E-state index >= 15 is 0 Å². The molecule has 0 aromatic heterocycles. The van der Waals surface area contributed by atoms with Gasteiger partial charge < -0.3 is 15.2 Å². The molecule has 0 aliphatic carbocycles. The van der Waals surface area contributed by atoms with Crippen LogP contribution in [0.2, 0.25) is 5.02 Å². The van der Waals surface area contributed by atoms with Crippen LogP contribution < -0.4 is 5.32 Å². The van der Waals surface area contributed by atoms with Crippen molar-refractivity contribution in [2.45, 2.75) is 12.5 Å². The highest BCUT2D eigenvalue weighted by atomic mass is 35.5. The maximum absolute atomic E-state index is 9.43. The van der Waals surface area contributed by atoms with E-state index in [4.69, 9.17) is 21.6 Å². The number of aliphatic hydroxyl groups is 1. The molecule has 0 bridgehead atoms. The summed E-state index contributed by atoms with van der Waals surface area (Å²) in [6.07, 6.45) is 0.118. The van der Waals surface area contributed by atoms with Crippen molar-refractivity contribution >= 4 is 17.3 Å². The zero-order chi connectivity index (χ0) is 12.7. The van der Waals surface area contributed by atoms with Gasteiger partial charge in [-0.15, -0.1) is 0 Å². The van der Waals surface area contributed by atoms with Gasteiger partial charge in [-0.2, -0.15) is 5.26 Å². The predicted molar refractivity (Wildman–Crippen MR) is 67.2 cm³/mol.